The monoisotopic (exact) mass is 286 g/mol. The van der Waals surface area contributed by atoms with Crippen LogP contribution in [0.5, 0.6) is 0 Å². The van der Waals surface area contributed by atoms with E-state index in [1.807, 2.05) is 24.0 Å². The van der Waals surface area contributed by atoms with Crippen molar-refractivity contribution in [2.45, 2.75) is 33.2 Å². The van der Waals surface area contributed by atoms with E-state index >= 15 is 0 Å². The number of carbonyl (C=O) groups excluding carboxylic acids is 1. The molecule has 2 heterocycles. The molecule has 3 rings (SSSR count). The van der Waals surface area contributed by atoms with Crippen LogP contribution in [0.2, 0.25) is 0 Å². The Morgan fingerprint density at radius 1 is 1.48 bits per heavy atom. The summed E-state index contributed by atoms with van der Waals surface area (Å²) in [7, 11) is 0. The molecule has 0 spiro atoms. The topological polar surface area (TPSA) is 71.3 Å². The van der Waals surface area contributed by atoms with Crippen LogP contribution >= 0.6 is 0 Å². The Morgan fingerprint density at radius 2 is 2.29 bits per heavy atom. The zero-order valence-electron chi connectivity index (χ0n) is 12.4. The molecule has 6 nitrogen and oxygen atoms in total. The first-order valence-corrected chi connectivity index (χ1v) is 7.02. The predicted molar refractivity (Wildman–Crippen MR) is 79.2 cm³/mol. The highest BCUT2D eigenvalue weighted by atomic mass is 16.5. The van der Waals surface area contributed by atoms with Gasteiger partial charge in [0, 0.05) is 24.8 Å². The van der Waals surface area contributed by atoms with Crippen LogP contribution in [0.1, 0.15) is 37.2 Å². The summed E-state index contributed by atoms with van der Waals surface area (Å²) in [6, 6.07) is 5.98. The van der Waals surface area contributed by atoms with Crippen LogP contribution in [-0.4, -0.2) is 22.6 Å². The molecule has 1 aliphatic heterocycles. The maximum Gasteiger partial charge on any atom is 0.248 e. The molecular formula is C15H18N4O2. The summed E-state index contributed by atoms with van der Waals surface area (Å²) in [5, 5.41) is 7.14. The maximum atomic E-state index is 11.5. The average Bonchev–Trinajstić information content (AvgIpc) is 3.04. The van der Waals surface area contributed by atoms with Crippen molar-refractivity contribution < 1.29 is 9.32 Å². The van der Waals surface area contributed by atoms with E-state index in [9.17, 15) is 4.79 Å². The number of anilines is 2. The van der Waals surface area contributed by atoms with Crippen LogP contribution in [0.15, 0.2) is 22.7 Å². The molecule has 1 N–H and O–H groups in total. The van der Waals surface area contributed by atoms with E-state index in [2.05, 4.69) is 21.5 Å². The van der Waals surface area contributed by atoms with Gasteiger partial charge in [-0.2, -0.15) is 4.98 Å². The minimum absolute atomic E-state index is 0.0606. The Labute approximate surface area is 123 Å². The normalized spacial score (nSPS) is 14.9. The number of aromatic nitrogens is 2. The zero-order chi connectivity index (χ0) is 15.0. The molecule has 0 fully saturated rings. The molecule has 2 aromatic rings. The van der Waals surface area contributed by atoms with Gasteiger partial charge in [0.05, 0.1) is 0 Å². The second-order valence-electron chi connectivity index (χ2n) is 5.31. The van der Waals surface area contributed by atoms with Gasteiger partial charge >= 0.3 is 0 Å². The lowest BCUT2D eigenvalue weighted by atomic mass is 10.1. The molecule has 21 heavy (non-hydrogen) atoms. The zero-order valence-corrected chi connectivity index (χ0v) is 12.4. The number of benzene rings is 1. The molecule has 1 amide bonds. The number of hydrogen-bond acceptors (Lipinski definition) is 5. The van der Waals surface area contributed by atoms with Crippen molar-refractivity contribution in [1.82, 2.24) is 10.1 Å². The fourth-order valence-electron chi connectivity index (χ4n) is 2.62. The van der Waals surface area contributed by atoms with Gasteiger partial charge in [0.1, 0.15) is 6.04 Å². The molecule has 0 radical (unpaired) electrons. The Balaban J connectivity index is 1.77. The van der Waals surface area contributed by atoms with E-state index in [0.717, 1.165) is 24.3 Å². The molecule has 0 saturated carbocycles. The van der Waals surface area contributed by atoms with Crippen molar-refractivity contribution in [3.63, 3.8) is 0 Å². The number of fused-ring (bicyclic) bond motifs is 1. The van der Waals surface area contributed by atoms with Gasteiger partial charge in [0.15, 0.2) is 5.82 Å². The minimum Gasteiger partial charge on any atom is -0.374 e. The molecule has 6 heteroatoms. The standard InChI is InChI=1S/C15H18N4O2/c1-9(15-17-10(2)18-21-15)16-13-4-5-14-12(8-13)6-7-19(14)11(3)20/h4-5,8-9,16H,6-7H2,1-3H3/t9-/m0/s1. The summed E-state index contributed by atoms with van der Waals surface area (Å²) in [5.74, 6) is 1.28. The lowest BCUT2D eigenvalue weighted by molar-refractivity contribution is -0.116. The lowest BCUT2D eigenvalue weighted by Gasteiger charge is -2.16. The van der Waals surface area contributed by atoms with Gasteiger partial charge < -0.3 is 14.7 Å². The van der Waals surface area contributed by atoms with Crippen molar-refractivity contribution in [2.24, 2.45) is 0 Å². The van der Waals surface area contributed by atoms with Crippen molar-refractivity contribution >= 4 is 17.3 Å². The van der Waals surface area contributed by atoms with E-state index < -0.39 is 0 Å². The molecule has 0 saturated heterocycles. The Hall–Kier alpha value is -2.37. The highest BCUT2D eigenvalue weighted by Crippen LogP contribution is 2.31. The van der Waals surface area contributed by atoms with Crippen molar-refractivity contribution in [2.75, 3.05) is 16.8 Å². The van der Waals surface area contributed by atoms with Gasteiger partial charge in [-0.25, -0.2) is 0 Å². The second kappa shape index (κ2) is 5.20. The van der Waals surface area contributed by atoms with Gasteiger partial charge in [0.2, 0.25) is 11.8 Å². The van der Waals surface area contributed by atoms with Crippen LogP contribution < -0.4 is 10.2 Å². The maximum absolute atomic E-state index is 11.5. The van der Waals surface area contributed by atoms with Gasteiger partial charge in [0.25, 0.3) is 0 Å². The molecular weight excluding hydrogens is 268 g/mol. The average molecular weight is 286 g/mol. The molecule has 1 atom stereocenters. The smallest absolute Gasteiger partial charge is 0.248 e. The van der Waals surface area contributed by atoms with Crippen LogP contribution in [0, 0.1) is 6.92 Å². The Kier molecular flexibility index (Phi) is 3.37. The number of nitrogens with zero attached hydrogens (tertiary/aromatic N) is 3. The first-order valence-electron chi connectivity index (χ1n) is 7.02. The number of amides is 1. The van der Waals surface area contributed by atoms with Gasteiger partial charge in [-0.3, -0.25) is 4.79 Å². The summed E-state index contributed by atoms with van der Waals surface area (Å²) in [4.78, 5) is 17.6. The van der Waals surface area contributed by atoms with Crippen LogP contribution in [-0.2, 0) is 11.2 Å². The van der Waals surface area contributed by atoms with E-state index in [-0.39, 0.29) is 11.9 Å². The summed E-state index contributed by atoms with van der Waals surface area (Å²) in [6.07, 6.45) is 0.887. The fourth-order valence-corrected chi connectivity index (χ4v) is 2.62. The van der Waals surface area contributed by atoms with E-state index in [1.54, 1.807) is 13.8 Å². The summed E-state index contributed by atoms with van der Waals surface area (Å²) in [5.41, 5.74) is 3.18. The predicted octanol–water partition coefficient (Wildman–Crippen LogP) is 2.46. The Bertz CT molecular complexity index is 680. The van der Waals surface area contributed by atoms with Crippen molar-refractivity contribution in [3.05, 3.63) is 35.5 Å². The van der Waals surface area contributed by atoms with E-state index in [0.29, 0.717) is 11.7 Å². The number of rotatable bonds is 3. The highest BCUT2D eigenvalue weighted by molar-refractivity contribution is 5.94. The summed E-state index contributed by atoms with van der Waals surface area (Å²) in [6.45, 7) is 6.13. The lowest BCUT2D eigenvalue weighted by Crippen LogP contribution is -2.25. The summed E-state index contributed by atoms with van der Waals surface area (Å²) >= 11 is 0. The van der Waals surface area contributed by atoms with E-state index in [1.165, 1.54) is 5.56 Å². The molecule has 1 aliphatic rings. The summed E-state index contributed by atoms with van der Waals surface area (Å²) < 4.78 is 5.16. The molecule has 0 unspecified atom stereocenters. The molecule has 110 valence electrons. The van der Waals surface area contributed by atoms with Crippen LogP contribution in [0.3, 0.4) is 0 Å². The van der Waals surface area contributed by atoms with Gasteiger partial charge in [-0.1, -0.05) is 5.16 Å². The quantitative estimate of drug-likeness (QED) is 0.938. The molecule has 1 aromatic heterocycles. The van der Waals surface area contributed by atoms with E-state index in [4.69, 9.17) is 4.52 Å². The number of hydrogen-bond donors (Lipinski definition) is 1. The highest BCUT2D eigenvalue weighted by Gasteiger charge is 2.22. The third-order valence-electron chi connectivity index (χ3n) is 3.65. The first-order chi connectivity index (χ1) is 10.0. The second-order valence-corrected chi connectivity index (χ2v) is 5.31. The van der Waals surface area contributed by atoms with Gasteiger partial charge in [-0.05, 0) is 44.0 Å². The Morgan fingerprint density at radius 3 is 2.95 bits per heavy atom. The first kappa shape index (κ1) is 13.6. The van der Waals surface area contributed by atoms with Crippen molar-refractivity contribution in [3.8, 4) is 0 Å². The molecule has 0 aliphatic carbocycles. The number of aryl methyl sites for hydroxylation is 1. The minimum atomic E-state index is -0.0606. The molecule has 1 aromatic carbocycles. The van der Waals surface area contributed by atoms with Crippen LogP contribution in [0.4, 0.5) is 11.4 Å². The largest absolute Gasteiger partial charge is 0.374 e. The number of carbonyl (C=O) groups is 1. The SMILES string of the molecule is CC(=O)N1CCc2cc(N[C@@H](C)c3nc(C)no3)ccc21. The molecule has 0 bridgehead atoms. The van der Waals surface area contributed by atoms with Crippen molar-refractivity contribution in [1.29, 1.82) is 0 Å². The third-order valence-corrected chi connectivity index (χ3v) is 3.65. The number of nitrogens with one attached hydrogen (secondary N) is 1. The van der Waals surface area contributed by atoms with Gasteiger partial charge in [-0.15, -0.1) is 0 Å². The van der Waals surface area contributed by atoms with Crippen LogP contribution in [0.25, 0.3) is 0 Å². The third kappa shape index (κ3) is 2.61. The fraction of sp³-hybridized carbons (Fsp3) is 0.400.